The lowest BCUT2D eigenvalue weighted by molar-refractivity contribution is -0.159. The van der Waals surface area contributed by atoms with Gasteiger partial charge in [-0.3, -0.25) is 4.79 Å². The average molecular weight is 359 g/mol. The maximum absolute atomic E-state index is 12.9. The molecule has 2 aromatic carbocycles. The van der Waals surface area contributed by atoms with Gasteiger partial charge >= 0.3 is 5.97 Å². The normalized spacial score (nSPS) is 12.8. The first-order valence-corrected chi connectivity index (χ1v) is 8.27. The Balaban J connectivity index is 1.90. The van der Waals surface area contributed by atoms with Gasteiger partial charge in [-0.15, -0.1) is 0 Å². The number of nitrogens with one attached hydrogen (secondary N) is 1. The van der Waals surface area contributed by atoms with E-state index < -0.39 is 29.9 Å². The third-order valence-electron chi connectivity index (χ3n) is 3.76. The van der Waals surface area contributed by atoms with Crippen molar-refractivity contribution in [2.75, 3.05) is 5.32 Å². The second-order valence-corrected chi connectivity index (χ2v) is 6.10. The average Bonchev–Trinajstić information content (AvgIpc) is 2.59. The molecule has 0 aliphatic heterocycles. The first-order chi connectivity index (χ1) is 12.3. The molecule has 2 rings (SSSR count). The molecular weight excluding hydrogens is 337 g/mol. The Morgan fingerprint density at radius 3 is 2.27 bits per heavy atom. The Morgan fingerprint density at radius 2 is 1.65 bits per heavy atom. The Bertz CT molecular complexity index is 789. The fraction of sp³-hybridized carbons (Fsp3) is 0.300. The number of rotatable bonds is 6. The molecule has 5 nitrogen and oxygen atoms in total. The molecule has 0 aliphatic rings. The van der Waals surface area contributed by atoms with Crippen molar-refractivity contribution in [2.24, 2.45) is 0 Å². The van der Waals surface area contributed by atoms with Gasteiger partial charge in [0.1, 0.15) is 11.6 Å². The quantitative estimate of drug-likeness (QED) is 0.797. The summed E-state index contributed by atoms with van der Waals surface area (Å²) in [7, 11) is 0. The fourth-order valence-corrected chi connectivity index (χ4v) is 2.28. The van der Waals surface area contributed by atoms with E-state index in [9.17, 15) is 14.0 Å². The molecular formula is C20H22FNO4. The summed E-state index contributed by atoms with van der Waals surface area (Å²) in [6.45, 7) is 6.84. The van der Waals surface area contributed by atoms with Crippen molar-refractivity contribution < 1.29 is 23.5 Å². The van der Waals surface area contributed by atoms with Gasteiger partial charge < -0.3 is 14.8 Å². The van der Waals surface area contributed by atoms with Crippen LogP contribution in [0.15, 0.2) is 42.5 Å². The zero-order valence-corrected chi connectivity index (χ0v) is 15.2. The number of ether oxygens (including phenoxy) is 2. The Morgan fingerprint density at radius 1 is 1.00 bits per heavy atom. The molecule has 2 atom stereocenters. The van der Waals surface area contributed by atoms with E-state index in [1.165, 1.54) is 38.1 Å². The maximum atomic E-state index is 12.9. The van der Waals surface area contributed by atoms with E-state index in [1.54, 1.807) is 6.07 Å². The molecule has 0 saturated carbocycles. The number of halogens is 1. The van der Waals surface area contributed by atoms with Crippen molar-refractivity contribution in [3.63, 3.8) is 0 Å². The summed E-state index contributed by atoms with van der Waals surface area (Å²) in [6.07, 6.45) is -1.92. The molecule has 0 spiro atoms. The number of hydrogen-bond acceptors (Lipinski definition) is 4. The van der Waals surface area contributed by atoms with E-state index >= 15 is 0 Å². The molecule has 0 unspecified atom stereocenters. The van der Waals surface area contributed by atoms with Crippen molar-refractivity contribution in [1.82, 2.24) is 0 Å². The first kappa shape index (κ1) is 19.4. The molecule has 0 heterocycles. The van der Waals surface area contributed by atoms with Crippen LogP contribution in [-0.2, 0) is 14.3 Å². The summed E-state index contributed by atoms with van der Waals surface area (Å²) in [5.74, 6) is -1.18. The van der Waals surface area contributed by atoms with E-state index in [0.717, 1.165) is 11.1 Å². The highest BCUT2D eigenvalue weighted by atomic mass is 19.1. The van der Waals surface area contributed by atoms with Crippen LogP contribution in [0.25, 0.3) is 0 Å². The van der Waals surface area contributed by atoms with E-state index in [2.05, 4.69) is 5.32 Å². The van der Waals surface area contributed by atoms with E-state index in [1.807, 2.05) is 26.0 Å². The van der Waals surface area contributed by atoms with Crippen LogP contribution in [0.3, 0.4) is 0 Å². The largest absolute Gasteiger partial charge is 0.479 e. The molecule has 0 aliphatic carbocycles. The highest BCUT2D eigenvalue weighted by molar-refractivity contribution is 5.95. The van der Waals surface area contributed by atoms with Crippen LogP contribution in [0.1, 0.15) is 25.0 Å². The van der Waals surface area contributed by atoms with Crippen LogP contribution in [0.2, 0.25) is 0 Å². The van der Waals surface area contributed by atoms with Gasteiger partial charge in [0, 0.05) is 5.69 Å². The highest BCUT2D eigenvalue weighted by Gasteiger charge is 2.23. The Labute approximate surface area is 152 Å². The summed E-state index contributed by atoms with van der Waals surface area (Å²) in [5.41, 5.74) is 2.68. The van der Waals surface area contributed by atoms with Crippen LogP contribution >= 0.6 is 0 Å². The molecule has 0 saturated heterocycles. The summed E-state index contributed by atoms with van der Waals surface area (Å²) >= 11 is 0. The number of esters is 1. The Hall–Kier alpha value is -2.89. The number of carbonyl (C=O) groups excluding carboxylic acids is 2. The predicted octanol–water partition coefficient (Wildman–Crippen LogP) is 3.78. The predicted molar refractivity (Wildman–Crippen MR) is 96.6 cm³/mol. The lowest BCUT2D eigenvalue weighted by Gasteiger charge is -2.18. The molecule has 0 fully saturated rings. The van der Waals surface area contributed by atoms with Gasteiger partial charge in [0.2, 0.25) is 0 Å². The topological polar surface area (TPSA) is 64.6 Å². The minimum atomic E-state index is -0.984. The molecule has 1 N–H and O–H groups in total. The number of benzene rings is 2. The molecule has 1 amide bonds. The van der Waals surface area contributed by atoms with Gasteiger partial charge in [0.25, 0.3) is 5.91 Å². The van der Waals surface area contributed by atoms with Crippen molar-refractivity contribution in [3.8, 4) is 5.75 Å². The van der Waals surface area contributed by atoms with Crippen molar-refractivity contribution in [3.05, 3.63) is 59.4 Å². The smallest absolute Gasteiger partial charge is 0.347 e. The number of hydrogen-bond donors (Lipinski definition) is 1. The van der Waals surface area contributed by atoms with E-state index in [0.29, 0.717) is 11.4 Å². The SMILES string of the molecule is Cc1ccc(NC(=O)[C@@H](C)OC(=O)[C@@H](C)Oc2ccc(F)cc2)c(C)c1. The first-order valence-electron chi connectivity index (χ1n) is 8.27. The van der Waals surface area contributed by atoms with Crippen LogP contribution in [0, 0.1) is 19.7 Å². The zero-order valence-electron chi connectivity index (χ0n) is 15.2. The van der Waals surface area contributed by atoms with Gasteiger partial charge in [-0.05, 0) is 63.6 Å². The Kier molecular flexibility index (Phi) is 6.33. The molecule has 0 radical (unpaired) electrons. The van der Waals surface area contributed by atoms with Gasteiger partial charge in [-0.2, -0.15) is 0 Å². The minimum absolute atomic E-state index is 0.336. The molecule has 26 heavy (non-hydrogen) atoms. The summed E-state index contributed by atoms with van der Waals surface area (Å²) < 4.78 is 23.4. The second kappa shape index (κ2) is 8.47. The molecule has 0 bridgehead atoms. The fourth-order valence-electron chi connectivity index (χ4n) is 2.28. The zero-order chi connectivity index (χ0) is 19.3. The van der Waals surface area contributed by atoms with Crippen molar-refractivity contribution in [1.29, 1.82) is 0 Å². The van der Waals surface area contributed by atoms with E-state index in [4.69, 9.17) is 9.47 Å². The molecule has 138 valence electrons. The van der Waals surface area contributed by atoms with Crippen LogP contribution in [0.5, 0.6) is 5.75 Å². The number of amides is 1. The van der Waals surface area contributed by atoms with Crippen LogP contribution < -0.4 is 10.1 Å². The second-order valence-electron chi connectivity index (χ2n) is 6.10. The maximum Gasteiger partial charge on any atom is 0.347 e. The monoisotopic (exact) mass is 359 g/mol. The summed E-state index contributed by atoms with van der Waals surface area (Å²) in [5, 5.41) is 2.74. The third kappa shape index (κ3) is 5.31. The van der Waals surface area contributed by atoms with E-state index in [-0.39, 0.29) is 0 Å². The number of anilines is 1. The standard InChI is InChI=1S/C20H22FNO4/c1-12-5-10-18(13(2)11-12)22-19(23)14(3)26-20(24)15(4)25-17-8-6-16(21)7-9-17/h5-11,14-15H,1-4H3,(H,22,23)/t14-,15-/m1/s1. The number of aryl methyl sites for hydroxylation is 2. The lowest BCUT2D eigenvalue weighted by atomic mass is 10.1. The summed E-state index contributed by atoms with van der Waals surface area (Å²) in [4.78, 5) is 24.3. The van der Waals surface area contributed by atoms with Gasteiger partial charge in [0.15, 0.2) is 12.2 Å². The summed E-state index contributed by atoms with van der Waals surface area (Å²) in [6, 6.07) is 10.9. The van der Waals surface area contributed by atoms with Crippen LogP contribution in [-0.4, -0.2) is 24.1 Å². The van der Waals surface area contributed by atoms with Gasteiger partial charge in [-0.25, -0.2) is 9.18 Å². The number of carbonyl (C=O) groups is 2. The minimum Gasteiger partial charge on any atom is -0.479 e. The van der Waals surface area contributed by atoms with Crippen LogP contribution in [0.4, 0.5) is 10.1 Å². The molecule has 6 heteroatoms. The van der Waals surface area contributed by atoms with Gasteiger partial charge in [0.05, 0.1) is 0 Å². The van der Waals surface area contributed by atoms with Crippen molar-refractivity contribution in [2.45, 2.75) is 39.9 Å². The molecule has 0 aromatic heterocycles. The highest BCUT2D eigenvalue weighted by Crippen LogP contribution is 2.17. The lowest BCUT2D eigenvalue weighted by Crippen LogP contribution is -2.35. The van der Waals surface area contributed by atoms with Crippen molar-refractivity contribution >= 4 is 17.6 Å². The molecule has 2 aromatic rings. The van der Waals surface area contributed by atoms with Gasteiger partial charge in [-0.1, -0.05) is 17.7 Å². The third-order valence-corrected chi connectivity index (χ3v) is 3.76.